The molecular weight excluding hydrogens is 236 g/mol. The molecule has 2 N–H and O–H groups in total. The van der Waals surface area contributed by atoms with E-state index in [2.05, 4.69) is 4.98 Å². The van der Waals surface area contributed by atoms with Crippen LogP contribution in [0.4, 0.5) is 11.5 Å². The molecule has 1 aromatic heterocycles. The molecule has 1 aromatic rings. The molecule has 2 heterocycles. The van der Waals surface area contributed by atoms with Crippen LogP contribution in [-0.4, -0.2) is 28.9 Å². The van der Waals surface area contributed by atoms with Crippen LogP contribution in [0, 0.1) is 16.0 Å². The highest BCUT2D eigenvalue weighted by molar-refractivity contribution is 5.77. The monoisotopic (exact) mass is 250 g/mol. The fourth-order valence-electron chi connectivity index (χ4n) is 2.18. The first kappa shape index (κ1) is 12.3. The van der Waals surface area contributed by atoms with Crippen molar-refractivity contribution in [2.24, 2.45) is 11.7 Å². The van der Waals surface area contributed by atoms with E-state index in [1.807, 2.05) is 0 Å². The molecule has 7 nitrogen and oxygen atoms in total. The summed E-state index contributed by atoms with van der Waals surface area (Å²) in [7, 11) is 0. The summed E-state index contributed by atoms with van der Waals surface area (Å²) in [5.41, 5.74) is 5.25. The summed E-state index contributed by atoms with van der Waals surface area (Å²) in [4.78, 5) is 27.5. The highest BCUT2D eigenvalue weighted by Gasteiger charge is 2.28. The Bertz CT molecular complexity index is 477. The Morgan fingerprint density at radius 1 is 1.61 bits per heavy atom. The molecule has 1 amide bonds. The maximum Gasteiger partial charge on any atom is 0.311 e. The van der Waals surface area contributed by atoms with E-state index in [0.29, 0.717) is 18.9 Å². The Labute approximate surface area is 104 Å². The molecule has 0 bridgehead atoms. The van der Waals surface area contributed by atoms with Crippen molar-refractivity contribution in [3.05, 3.63) is 28.4 Å². The Morgan fingerprint density at radius 3 is 3.06 bits per heavy atom. The molecule has 1 saturated heterocycles. The number of amides is 1. The van der Waals surface area contributed by atoms with Crippen molar-refractivity contribution in [2.75, 3.05) is 18.0 Å². The SMILES string of the molecule is NC(=O)[C@H]1CCCN(c2ncccc2[N+](=O)[O-])C1. The quantitative estimate of drug-likeness (QED) is 0.628. The second kappa shape index (κ2) is 4.99. The van der Waals surface area contributed by atoms with Crippen molar-refractivity contribution in [3.63, 3.8) is 0 Å². The topological polar surface area (TPSA) is 102 Å². The van der Waals surface area contributed by atoms with Crippen molar-refractivity contribution < 1.29 is 9.72 Å². The summed E-state index contributed by atoms with van der Waals surface area (Å²) in [6, 6.07) is 2.94. The van der Waals surface area contributed by atoms with Crippen molar-refractivity contribution >= 4 is 17.4 Å². The zero-order chi connectivity index (χ0) is 13.1. The van der Waals surface area contributed by atoms with Crippen molar-refractivity contribution in [1.29, 1.82) is 0 Å². The van der Waals surface area contributed by atoms with Gasteiger partial charge in [0.2, 0.25) is 11.7 Å². The molecule has 0 spiro atoms. The number of carbonyl (C=O) groups excluding carboxylic acids is 1. The lowest BCUT2D eigenvalue weighted by atomic mass is 9.97. The van der Waals surface area contributed by atoms with Gasteiger partial charge in [0, 0.05) is 25.4 Å². The number of nitrogens with two attached hydrogens (primary N) is 1. The van der Waals surface area contributed by atoms with Crippen LogP contribution >= 0.6 is 0 Å². The Hall–Kier alpha value is -2.18. The smallest absolute Gasteiger partial charge is 0.311 e. The van der Waals surface area contributed by atoms with Crippen molar-refractivity contribution in [3.8, 4) is 0 Å². The maximum absolute atomic E-state index is 11.2. The van der Waals surface area contributed by atoms with Crippen LogP contribution in [0.1, 0.15) is 12.8 Å². The highest BCUT2D eigenvalue weighted by Crippen LogP contribution is 2.28. The normalized spacial score (nSPS) is 19.6. The third-order valence-electron chi connectivity index (χ3n) is 3.09. The summed E-state index contributed by atoms with van der Waals surface area (Å²) in [6.45, 7) is 1.05. The molecule has 1 aliphatic heterocycles. The second-order valence-corrected chi connectivity index (χ2v) is 4.29. The summed E-state index contributed by atoms with van der Waals surface area (Å²) in [5, 5.41) is 10.9. The number of hydrogen-bond donors (Lipinski definition) is 1. The van der Waals surface area contributed by atoms with Crippen LogP contribution in [0.15, 0.2) is 18.3 Å². The minimum atomic E-state index is -0.462. The average Bonchev–Trinajstić information content (AvgIpc) is 2.39. The zero-order valence-corrected chi connectivity index (χ0v) is 9.78. The number of rotatable bonds is 3. The number of nitrogens with zero attached hydrogens (tertiary/aromatic N) is 3. The van der Waals surface area contributed by atoms with Gasteiger partial charge in [-0.1, -0.05) is 0 Å². The lowest BCUT2D eigenvalue weighted by Gasteiger charge is -2.31. The summed E-state index contributed by atoms with van der Waals surface area (Å²) in [5.74, 6) is -0.313. The van der Waals surface area contributed by atoms with Crippen LogP contribution in [0.5, 0.6) is 0 Å². The number of primary amides is 1. The first-order valence-corrected chi connectivity index (χ1v) is 5.73. The molecule has 1 fully saturated rings. The summed E-state index contributed by atoms with van der Waals surface area (Å²) in [6.07, 6.45) is 3.02. The van der Waals surface area contributed by atoms with E-state index < -0.39 is 4.92 Å². The van der Waals surface area contributed by atoms with E-state index in [1.165, 1.54) is 18.3 Å². The highest BCUT2D eigenvalue weighted by atomic mass is 16.6. The van der Waals surface area contributed by atoms with Gasteiger partial charge in [-0.2, -0.15) is 0 Å². The standard InChI is InChI=1S/C11H14N4O3/c12-10(16)8-3-2-6-14(7-8)11-9(15(17)18)4-1-5-13-11/h1,4-5,8H,2-3,6-7H2,(H2,12,16)/t8-/m0/s1. The van der Waals surface area contributed by atoms with Gasteiger partial charge in [0.25, 0.3) is 0 Å². The van der Waals surface area contributed by atoms with Gasteiger partial charge in [-0.25, -0.2) is 4.98 Å². The van der Waals surface area contributed by atoms with Crippen molar-refractivity contribution in [2.45, 2.75) is 12.8 Å². The van der Waals surface area contributed by atoms with E-state index in [4.69, 9.17) is 5.73 Å². The van der Waals surface area contributed by atoms with E-state index in [0.717, 1.165) is 12.8 Å². The van der Waals surface area contributed by atoms with Crippen LogP contribution in [-0.2, 0) is 4.79 Å². The summed E-state index contributed by atoms with van der Waals surface area (Å²) >= 11 is 0. The number of pyridine rings is 1. The molecule has 0 radical (unpaired) electrons. The third kappa shape index (κ3) is 2.39. The summed E-state index contributed by atoms with van der Waals surface area (Å²) < 4.78 is 0. The number of nitro groups is 1. The molecule has 7 heteroatoms. The Balaban J connectivity index is 2.26. The van der Waals surface area contributed by atoms with Gasteiger partial charge in [-0.15, -0.1) is 0 Å². The minimum absolute atomic E-state index is 0.0392. The van der Waals surface area contributed by atoms with Crippen LogP contribution in [0.2, 0.25) is 0 Å². The van der Waals surface area contributed by atoms with Gasteiger partial charge in [-0.3, -0.25) is 14.9 Å². The van der Waals surface area contributed by atoms with Crippen LogP contribution in [0.3, 0.4) is 0 Å². The number of piperidine rings is 1. The van der Waals surface area contributed by atoms with Gasteiger partial charge < -0.3 is 10.6 Å². The van der Waals surface area contributed by atoms with E-state index in [9.17, 15) is 14.9 Å². The lowest BCUT2D eigenvalue weighted by Crippen LogP contribution is -2.41. The molecule has 2 rings (SSSR count). The first-order valence-electron chi connectivity index (χ1n) is 5.73. The number of carbonyl (C=O) groups is 1. The molecule has 0 saturated carbocycles. The second-order valence-electron chi connectivity index (χ2n) is 4.29. The molecule has 1 atom stereocenters. The molecule has 0 aliphatic carbocycles. The maximum atomic E-state index is 11.2. The van der Waals surface area contributed by atoms with E-state index in [1.54, 1.807) is 4.90 Å². The number of anilines is 1. The molecule has 0 unspecified atom stereocenters. The Kier molecular flexibility index (Phi) is 3.40. The molecule has 0 aromatic carbocycles. The minimum Gasteiger partial charge on any atom is -0.369 e. The van der Waals surface area contributed by atoms with E-state index >= 15 is 0 Å². The molecule has 96 valence electrons. The first-order chi connectivity index (χ1) is 8.59. The van der Waals surface area contributed by atoms with Gasteiger partial charge in [0.15, 0.2) is 0 Å². The predicted molar refractivity (Wildman–Crippen MR) is 65.0 cm³/mol. The number of hydrogen-bond acceptors (Lipinski definition) is 5. The van der Waals surface area contributed by atoms with Gasteiger partial charge in [0.05, 0.1) is 10.8 Å². The fourth-order valence-corrected chi connectivity index (χ4v) is 2.18. The lowest BCUT2D eigenvalue weighted by molar-refractivity contribution is -0.384. The van der Waals surface area contributed by atoms with Gasteiger partial charge >= 0.3 is 5.69 Å². The van der Waals surface area contributed by atoms with Crippen LogP contribution in [0.25, 0.3) is 0 Å². The molecule has 1 aliphatic rings. The van der Waals surface area contributed by atoms with E-state index in [-0.39, 0.29) is 17.5 Å². The molecular formula is C11H14N4O3. The predicted octanol–water partition coefficient (Wildman–Crippen LogP) is 0.691. The van der Waals surface area contributed by atoms with Gasteiger partial charge in [0.1, 0.15) is 0 Å². The third-order valence-corrected chi connectivity index (χ3v) is 3.09. The Morgan fingerprint density at radius 2 is 2.39 bits per heavy atom. The fraction of sp³-hybridized carbons (Fsp3) is 0.455. The largest absolute Gasteiger partial charge is 0.369 e. The van der Waals surface area contributed by atoms with Gasteiger partial charge in [-0.05, 0) is 18.9 Å². The van der Waals surface area contributed by atoms with Crippen LogP contribution < -0.4 is 10.6 Å². The average molecular weight is 250 g/mol. The number of aromatic nitrogens is 1. The van der Waals surface area contributed by atoms with Crippen molar-refractivity contribution in [1.82, 2.24) is 4.98 Å². The zero-order valence-electron chi connectivity index (χ0n) is 9.78. The molecule has 18 heavy (non-hydrogen) atoms.